The molecule has 1 aliphatic rings. The monoisotopic (exact) mass is 379 g/mol. The van der Waals surface area contributed by atoms with Crippen LogP contribution in [0.4, 0.5) is 5.95 Å². The van der Waals surface area contributed by atoms with Crippen molar-refractivity contribution in [1.29, 1.82) is 0 Å². The van der Waals surface area contributed by atoms with E-state index in [-0.39, 0.29) is 38.0 Å². The fourth-order valence-corrected chi connectivity index (χ4v) is 2.69. The van der Waals surface area contributed by atoms with E-state index >= 15 is 0 Å². The van der Waals surface area contributed by atoms with E-state index in [9.17, 15) is 15.0 Å². The van der Waals surface area contributed by atoms with Gasteiger partial charge in [-0.3, -0.25) is 9.36 Å². The number of hydrogen-bond acceptors (Lipinski definition) is 10. The number of aliphatic hydroxyl groups is 2. The van der Waals surface area contributed by atoms with E-state index in [0.717, 1.165) is 0 Å². The first-order chi connectivity index (χ1) is 13.1. The highest BCUT2D eigenvalue weighted by molar-refractivity contribution is 5.79. The third-order valence-electron chi connectivity index (χ3n) is 4.04. The predicted octanol–water partition coefficient (Wildman–Crippen LogP) is -0.383. The molecule has 27 heavy (non-hydrogen) atoms. The van der Waals surface area contributed by atoms with E-state index < -0.39 is 24.4 Å². The number of esters is 1. The summed E-state index contributed by atoms with van der Waals surface area (Å²) in [5, 5.41) is 22.0. The number of imidazole rings is 1. The summed E-state index contributed by atoms with van der Waals surface area (Å²) >= 11 is 0. The Morgan fingerprint density at radius 2 is 2.37 bits per heavy atom. The zero-order chi connectivity index (χ0) is 19.4. The van der Waals surface area contributed by atoms with Crippen LogP contribution in [0, 0.1) is 0 Å². The van der Waals surface area contributed by atoms with E-state index in [1.165, 1.54) is 13.4 Å². The maximum Gasteiger partial charge on any atom is 0.325 e. The summed E-state index contributed by atoms with van der Waals surface area (Å²) in [6, 6.07) is 0. The molecule has 0 saturated carbocycles. The van der Waals surface area contributed by atoms with Crippen molar-refractivity contribution < 1.29 is 29.2 Å². The van der Waals surface area contributed by atoms with Crippen molar-refractivity contribution in [3.63, 3.8) is 0 Å². The van der Waals surface area contributed by atoms with E-state index in [2.05, 4.69) is 31.6 Å². The molecule has 0 bridgehead atoms. The number of hydrogen-bond donors (Lipinski definition) is 3. The van der Waals surface area contributed by atoms with Crippen LogP contribution in [0.5, 0.6) is 5.88 Å². The van der Waals surface area contributed by atoms with Gasteiger partial charge in [0.05, 0.1) is 26.1 Å². The van der Waals surface area contributed by atoms with Gasteiger partial charge in [-0.25, -0.2) is 4.98 Å². The Morgan fingerprint density at radius 1 is 1.56 bits per heavy atom. The third-order valence-corrected chi connectivity index (χ3v) is 4.04. The first-order valence-electron chi connectivity index (χ1n) is 8.30. The van der Waals surface area contributed by atoms with Gasteiger partial charge in [-0.05, 0) is 0 Å². The Bertz CT molecular complexity index is 825. The standard InChI is InChI=1S/C16H21N5O6/c1-3-4-26-15-13-14(19-16(20-15)17-6-12(24)25-2)21(8-18-13)11-5-9(23)10(7-22)27-11/h3,8-11,22-23H,1,4-7H2,2H3,(H,17,19,20)/t9-,10+,11+/m1/s1. The minimum atomic E-state index is -0.798. The number of methoxy groups -OCH3 is 1. The van der Waals surface area contributed by atoms with Gasteiger partial charge < -0.3 is 29.7 Å². The molecule has 3 atom stereocenters. The molecule has 0 amide bonds. The Labute approximate surface area is 154 Å². The van der Waals surface area contributed by atoms with E-state index in [1.54, 1.807) is 10.6 Å². The van der Waals surface area contributed by atoms with Gasteiger partial charge in [-0.2, -0.15) is 9.97 Å². The average Bonchev–Trinajstić information content (AvgIpc) is 3.26. The first kappa shape index (κ1) is 19.0. The van der Waals surface area contributed by atoms with Gasteiger partial charge in [-0.1, -0.05) is 12.7 Å². The van der Waals surface area contributed by atoms with Crippen molar-refractivity contribution >= 4 is 23.1 Å². The number of carbonyl (C=O) groups excluding carboxylic acids is 1. The van der Waals surface area contributed by atoms with Gasteiger partial charge in [-0.15, -0.1) is 0 Å². The molecular formula is C16H21N5O6. The molecule has 11 nitrogen and oxygen atoms in total. The number of fused-ring (bicyclic) bond motifs is 1. The van der Waals surface area contributed by atoms with Gasteiger partial charge >= 0.3 is 5.97 Å². The van der Waals surface area contributed by atoms with Gasteiger partial charge in [0.2, 0.25) is 11.8 Å². The van der Waals surface area contributed by atoms with Gasteiger partial charge in [0.25, 0.3) is 0 Å². The van der Waals surface area contributed by atoms with Crippen LogP contribution in [0.3, 0.4) is 0 Å². The van der Waals surface area contributed by atoms with E-state index in [1.807, 2.05) is 0 Å². The third kappa shape index (κ3) is 3.99. The second-order valence-electron chi connectivity index (χ2n) is 5.82. The number of nitrogens with zero attached hydrogens (tertiary/aromatic N) is 4. The second kappa shape index (κ2) is 8.29. The summed E-state index contributed by atoms with van der Waals surface area (Å²) in [6.07, 6.45) is 1.30. The molecule has 0 aromatic carbocycles. The normalized spacial score (nSPS) is 22.0. The smallest absolute Gasteiger partial charge is 0.325 e. The Kier molecular flexibility index (Phi) is 5.84. The lowest BCUT2D eigenvalue weighted by Crippen LogP contribution is -2.24. The number of ether oxygens (including phenoxy) is 3. The van der Waals surface area contributed by atoms with Crippen molar-refractivity contribution in [2.24, 2.45) is 0 Å². The van der Waals surface area contributed by atoms with Crippen LogP contribution in [-0.4, -0.2) is 74.8 Å². The quantitative estimate of drug-likeness (QED) is 0.410. The van der Waals surface area contributed by atoms with Crippen LogP contribution in [0.15, 0.2) is 19.0 Å². The molecular weight excluding hydrogens is 358 g/mol. The van der Waals surface area contributed by atoms with Crippen molar-refractivity contribution in [2.75, 3.05) is 32.2 Å². The van der Waals surface area contributed by atoms with E-state index in [4.69, 9.17) is 9.47 Å². The molecule has 3 rings (SSSR count). The number of rotatable bonds is 8. The van der Waals surface area contributed by atoms with Crippen LogP contribution in [0.1, 0.15) is 12.6 Å². The lowest BCUT2D eigenvalue weighted by molar-refractivity contribution is -0.138. The molecule has 3 N–H and O–H groups in total. The summed E-state index contributed by atoms with van der Waals surface area (Å²) in [5.41, 5.74) is 0.790. The Balaban J connectivity index is 1.95. The van der Waals surface area contributed by atoms with E-state index in [0.29, 0.717) is 11.2 Å². The molecule has 2 aromatic rings. The lowest BCUT2D eigenvalue weighted by Gasteiger charge is -2.14. The largest absolute Gasteiger partial charge is 0.472 e. The molecule has 1 saturated heterocycles. The highest BCUT2D eigenvalue weighted by Gasteiger charge is 2.35. The van der Waals surface area contributed by atoms with Crippen molar-refractivity contribution in [3.05, 3.63) is 19.0 Å². The SMILES string of the molecule is C=CCOc1nc(NCC(=O)OC)nc2c1ncn2[C@@H]1C[C@@H](O)[C@H](CO)O1. The fraction of sp³-hybridized carbons (Fsp3) is 0.500. The molecule has 0 radical (unpaired) electrons. The summed E-state index contributed by atoms with van der Waals surface area (Å²) in [7, 11) is 1.28. The minimum absolute atomic E-state index is 0.123. The number of aliphatic hydroxyl groups excluding tert-OH is 2. The van der Waals surface area contributed by atoms with Crippen LogP contribution in [0.25, 0.3) is 11.2 Å². The van der Waals surface area contributed by atoms with Gasteiger partial charge in [0, 0.05) is 6.42 Å². The number of aromatic nitrogens is 4. The van der Waals surface area contributed by atoms with Gasteiger partial charge in [0.15, 0.2) is 11.2 Å². The maximum atomic E-state index is 11.4. The van der Waals surface area contributed by atoms with Crippen molar-refractivity contribution in [1.82, 2.24) is 19.5 Å². The summed E-state index contributed by atoms with van der Waals surface area (Å²) in [4.78, 5) is 24.2. The fourth-order valence-electron chi connectivity index (χ4n) is 2.69. The number of anilines is 1. The number of nitrogens with one attached hydrogen (secondary N) is 1. The van der Waals surface area contributed by atoms with Crippen LogP contribution in [0.2, 0.25) is 0 Å². The molecule has 146 valence electrons. The highest BCUT2D eigenvalue weighted by Crippen LogP contribution is 2.32. The maximum absolute atomic E-state index is 11.4. The Morgan fingerprint density at radius 3 is 3.04 bits per heavy atom. The molecule has 1 aliphatic heterocycles. The highest BCUT2D eigenvalue weighted by atomic mass is 16.5. The molecule has 3 heterocycles. The van der Waals surface area contributed by atoms with Crippen LogP contribution in [-0.2, 0) is 14.3 Å². The first-order valence-corrected chi connectivity index (χ1v) is 8.30. The minimum Gasteiger partial charge on any atom is -0.472 e. The molecule has 0 unspecified atom stereocenters. The summed E-state index contributed by atoms with van der Waals surface area (Å²) < 4.78 is 17.4. The molecule has 2 aromatic heterocycles. The molecule has 0 aliphatic carbocycles. The Hall–Kier alpha value is -2.76. The lowest BCUT2D eigenvalue weighted by atomic mass is 10.2. The molecule has 0 spiro atoms. The second-order valence-corrected chi connectivity index (χ2v) is 5.82. The average molecular weight is 379 g/mol. The van der Waals surface area contributed by atoms with Crippen molar-refractivity contribution in [3.8, 4) is 5.88 Å². The zero-order valence-electron chi connectivity index (χ0n) is 14.7. The van der Waals surface area contributed by atoms with Crippen molar-refractivity contribution in [2.45, 2.75) is 24.9 Å². The van der Waals surface area contributed by atoms with Crippen LogP contribution < -0.4 is 10.1 Å². The molecule has 1 fully saturated rings. The predicted molar refractivity (Wildman–Crippen MR) is 93.1 cm³/mol. The van der Waals surface area contributed by atoms with Crippen LogP contribution >= 0.6 is 0 Å². The summed E-state index contributed by atoms with van der Waals surface area (Å²) in [5.74, 6) is -0.122. The number of carbonyl (C=O) groups is 1. The zero-order valence-corrected chi connectivity index (χ0v) is 14.7. The summed E-state index contributed by atoms with van der Waals surface area (Å²) in [6.45, 7) is 3.39. The van der Waals surface area contributed by atoms with Gasteiger partial charge in [0.1, 0.15) is 25.5 Å². The topological polar surface area (TPSA) is 141 Å². The molecule has 11 heteroatoms.